The van der Waals surface area contributed by atoms with Crippen LogP contribution in [0, 0.1) is 6.92 Å². The highest BCUT2D eigenvalue weighted by atomic mass is 31.0. The molecule has 21 heavy (non-hydrogen) atoms. The summed E-state index contributed by atoms with van der Waals surface area (Å²) < 4.78 is 2.19. The topological polar surface area (TPSA) is 17.3 Å². The molecule has 0 N–H and O–H groups in total. The number of pyridine rings is 1. The molecule has 1 unspecified atom stereocenters. The number of fused-ring (bicyclic) bond motifs is 6. The van der Waals surface area contributed by atoms with E-state index in [-0.39, 0.29) is 0 Å². The minimum atomic E-state index is 1.04. The molecule has 0 aliphatic heterocycles. The molecular formula is C18H19N2P. The Morgan fingerprint density at radius 3 is 2.48 bits per heavy atom. The van der Waals surface area contributed by atoms with E-state index in [2.05, 4.69) is 62.3 Å². The van der Waals surface area contributed by atoms with Crippen LogP contribution in [0.3, 0.4) is 0 Å². The minimum Gasteiger partial charge on any atom is -0.299 e. The van der Waals surface area contributed by atoms with Crippen LogP contribution in [-0.2, 0) is 0 Å². The largest absolute Gasteiger partial charge is 0.299 e. The quantitative estimate of drug-likeness (QED) is 0.345. The Bertz CT molecular complexity index is 938. The summed E-state index contributed by atoms with van der Waals surface area (Å²) in [5, 5.41) is 4.95. The van der Waals surface area contributed by atoms with E-state index in [4.69, 9.17) is 4.98 Å². The summed E-state index contributed by atoms with van der Waals surface area (Å²) in [5.74, 6) is 0. The number of hydrogen-bond acceptors (Lipinski definition) is 1. The fourth-order valence-corrected chi connectivity index (χ4v) is 3.21. The first kappa shape index (κ1) is 14.0. The first-order chi connectivity index (χ1) is 10.3. The molecule has 0 fully saturated rings. The van der Waals surface area contributed by atoms with Crippen LogP contribution >= 0.6 is 9.24 Å². The predicted molar refractivity (Wildman–Crippen MR) is 95.6 cm³/mol. The fraction of sp³-hybridized carbons (Fsp3) is 0.167. The molecule has 0 saturated heterocycles. The number of aromatic nitrogens is 2. The summed E-state index contributed by atoms with van der Waals surface area (Å²) >= 11 is 0. The third-order valence-electron chi connectivity index (χ3n) is 3.60. The summed E-state index contributed by atoms with van der Waals surface area (Å²) in [6, 6.07) is 14.9. The molecule has 2 heterocycles. The van der Waals surface area contributed by atoms with E-state index < -0.39 is 0 Å². The molecule has 0 bridgehead atoms. The van der Waals surface area contributed by atoms with Gasteiger partial charge in [-0.05, 0) is 23.7 Å². The Morgan fingerprint density at radius 1 is 0.952 bits per heavy atom. The Balaban J connectivity index is 0.000000636. The van der Waals surface area contributed by atoms with Gasteiger partial charge >= 0.3 is 0 Å². The molecule has 3 heteroatoms. The van der Waals surface area contributed by atoms with Crippen molar-refractivity contribution in [1.29, 1.82) is 0 Å². The Labute approximate surface area is 127 Å². The second-order valence-corrected chi connectivity index (χ2v) is 5.48. The van der Waals surface area contributed by atoms with Crippen molar-refractivity contribution < 1.29 is 0 Å². The van der Waals surface area contributed by atoms with Gasteiger partial charge in [0.25, 0.3) is 0 Å². The van der Waals surface area contributed by atoms with E-state index >= 15 is 0 Å². The molecule has 0 aliphatic carbocycles. The molecule has 0 spiro atoms. The number of para-hydroxylation sites is 1. The van der Waals surface area contributed by atoms with E-state index in [1.54, 1.807) is 0 Å². The minimum absolute atomic E-state index is 1.04. The number of benzene rings is 2. The normalized spacial score (nSPS) is 10.9. The summed E-state index contributed by atoms with van der Waals surface area (Å²) in [6.07, 6.45) is 2.11. The lowest BCUT2D eigenvalue weighted by Gasteiger charge is -2.09. The molecule has 1 atom stereocenters. The van der Waals surface area contributed by atoms with Crippen LogP contribution in [0.5, 0.6) is 0 Å². The van der Waals surface area contributed by atoms with Crippen molar-refractivity contribution >= 4 is 41.9 Å². The van der Waals surface area contributed by atoms with Gasteiger partial charge in [0, 0.05) is 17.0 Å². The maximum Gasteiger partial charge on any atom is 0.146 e. The van der Waals surface area contributed by atoms with Gasteiger partial charge in [-0.25, -0.2) is 4.98 Å². The van der Waals surface area contributed by atoms with Crippen molar-refractivity contribution in [3.05, 3.63) is 54.4 Å². The van der Waals surface area contributed by atoms with Gasteiger partial charge in [0.05, 0.1) is 11.2 Å². The first-order valence-electron chi connectivity index (χ1n) is 7.30. The van der Waals surface area contributed by atoms with Crippen LogP contribution in [0.15, 0.2) is 48.7 Å². The molecule has 2 nitrogen and oxygen atoms in total. The van der Waals surface area contributed by atoms with E-state index in [0.29, 0.717) is 0 Å². The SMILES string of the molecule is CC.Cc1cn2c3ccccc3c3cccc(P)c3c2n1. The zero-order valence-corrected chi connectivity index (χ0v) is 13.7. The summed E-state index contributed by atoms with van der Waals surface area (Å²) in [5.41, 5.74) is 3.30. The Hall–Kier alpha value is -1.92. The van der Waals surface area contributed by atoms with Crippen LogP contribution in [-0.4, -0.2) is 9.38 Å². The number of rotatable bonds is 0. The van der Waals surface area contributed by atoms with Crippen LogP contribution < -0.4 is 5.30 Å². The monoisotopic (exact) mass is 294 g/mol. The van der Waals surface area contributed by atoms with Crippen molar-refractivity contribution in [2.24, 2.45) is 0 Å². The highest BCUT2D eigenvalue weighted by molar-refractivity contribution is 7.28. The number of nitrogens with zero attached hydrogens (tertiary/aromatic N) is 2. The second kappa shape index (κ2) is 5.46. The molecule has 0 radical (unpaired) electrons. The smallest absolute Gasteiger partial charge is 0.146 e. The average molecular weight is 294 g/mol. The molecule has 0 saturated carbocycles. The lowest BCUT2D eigenvalue weighted by atomic mass is 10.1. The van der Waals surface area contributed by atoms with Crippen molar-refractivity contribution in [1.82, 2.24) is 9.38 Å². The van der Waals surface area contributed by atoms with Crippen molar-refractivity contribution in [3.63, 3.8) is 0 Å². The molecule has 0 aliphatic rings. The third kappa shape index (κ3) is 2.11. The third-order valence-corrected chi connectivity index (χ3v) is 4.08. The van der Waals surface area contributed by atoms with Crippen LogP contribution in [0.25, 0.3) is 27.3 Å². The van der Waals surface area contributed by atoms with Gasteiger partial charge in [0.15, 0.2) is 0 Å². The van der Waals surface area contributed by atoms with Crippen molar-refractivity contribution in [2.75, 3.05) is 0 Å². The van der Waals surface area contributed by atoms with E-state index in [9.17, 15) is 0 Å². The Kier molecular flexibility index (Phi) is 3.65. The second-order valence-electron chi connectivity index (χ2n) is 4.86. The van der Waals surface area contributed by atoms with Gasteiger partial charge in [-0.3, -0.25) is 4.40 Å². The van der Waals surface area contributed by atoms with E-state index in [1.807, 2.05) is 20.8 Å². The fourth-order valence-electron chi connectivity index (χ4n) is 2.81. The van der Waals surface area contributed by atoms with Crippen molar-refractivity contribution in [3.8, 4) is 0 Å². The molecule has 106 valence electrons. The van der Waals surface area contributed by atoms with Gasteiger partial charge in [0.1, 0.15) is 5.65 Å². The molecule has 0 amide bonds. The van der Waals surface area contributed by atoms with E-state index in [1.165, 1.54) is 27.0 Å². The standard InChI is InChI=1S/C16H13N2P.C2H6/c1-10-9-18-13-7-3-2-5-11(13)12-6-4-8-14(19)15(12)16(18)17-10;1-2/h2-9H,19H2,1H3;1-2H3. The molecule has 4 aromatic rings. The van der Waals surface area contributed by atoms with Gasteiger partial charge in [-0.2, -0.15) is 0 Å². The molecule has 2 aromatic carbocycles. The first-order valence-corrected chi connectivity index (χ1v) is 7.88. The summed E-state index contributed by atoms with van der Waals surface area (Å²) in [4.78, 5) is 4.70. The highest BCUT2D eigenvalue weighted by Gasteiger charge is 2.11. The highest BCUT2D eigenvalue weighted by Crippen LogP contribution is 2.28. The lowest BCUT2D eigenvalue weighted by molar-refractivity contribution is 1.27. The van der Waals surface area contributed by atoms with Gasteiger partial charge in [0.2, 0.25) is 0 Å². The average Bonchev–Trinajstić information content (AvgIpc) is 2.91. The predicted octanol–water partition coefficient (Wildman–Crippen LogP) is 4.48. The zero-order valence-electron chi connectivity index (χ0n) is 12.6. The van der Waals surface area contributed by atoms with Crippen LogP contribution in [0.2, 0.25) is 0 Å². The summed E-state index contributed by atoms with van der Waals surface area (Å²) in [7, 11) is 2.82. The maximum atomic E-state index is 4.70. The van der Waals surface area contributed by atoms with Crippen LogP contribution in [0.1, 0.15) is 19.5 Å². The van der Waals surface area contributed by atoms with Crippen molar-refractivity contribution in [2.45, 2.75) is 20.8 Å². The van der Waals surface area contributed by atoms with E-state index in [0.717, 1.165) is 11.3 Å². The zero-order chi connectivity index (χ0) is 15.0. The number of hydrogen-bond donors (Lipinski definition) is 0. The number of aryl methyl sites for hydroxylation is 1. The van der Waals surface area contributed by atoms with Gasteiger partial charge < -0.3 is 0 Å². The molecule has 2 aromatic heterocycles. The van der Waals surface area contributed by atoms with Crippen LogP contribution in [0.4, 0.5) is 0 Å². The molecular weight excluding hydrogens is 275 g/mol. The Morgan fingerprint density at radius 2 is 1.67 bits per heavy atom. The molecule has 4 rings (SSSR count). The maximum absolute atomic E-state index is 4.70. The van der Waals surface area contributed by atoms with Gasteiger partial charge in [-0.1, -0.05) is 50.2 Å². The van der Waals surface area contributed by atoms with Gasteiger partial charge in [-0.15, -0.1) is 9.24 Å². The lowest BCUT2D eigenvalue weighted by Crippen LogP contribution is -1.98. The number of imidazole rings is 1. The summed E-state index contributed by atoms with van der Waals surface area (Å²) in [6.45, 7) is 6.04.